The second-order valence-electron chi connectivity index (χ2n) is 4.32. The molecule has 0 unspecified atom stereocenters. The molecule has 0 saturated carbocycles. The van der Waals surface area contributed by atoms with Crippen molar-refractivity contribution in [2.45, 2.75) is 32.7 Å². The van der Waals surface area contributed by atoms with Gasteiger partial charge in [-0.25, -0.2) is 0 Å². The molecule has 0 aliphatic heterocycles. The highest BCUT2D eigenvalue weighted by molar-refractivity contribution is 9.10. The van der Waals surface area contributed by atoms with Crippen molar-refractivity contribution in [1.29, 1.82) is 0 Å². The number of phenols is 1. The van der Waals surface area contributed by atoms with Crippen molar-refractivity contribution in [3.05, 3.63) is 28.2 Å². The zero-order valence-electron chi connectivity index (χ0n) is 11.2. The number of hydrogen-bond acceptors (Lipinski definition) is 2. The summed E-state index contributed by atoms with van der Waals surface area (Å²) in [5.41, 5.74) is 0.349. The lowest BCUT2D eigenvalue weighted by molar-refractivity contribution is 0.0680. The normalized spacial score (nSPS) is 10.8. The monoisotopic (exact) mass is 391 g/mol. The van der Waals surface area contributed by atoms with E-state index in [-0.39, 0.29) is 17.7 Å². The number of aromatic hydroxyl groups is 1. The fourth-order valence-corrected chi connectivity index (χ4v) is 2.85. The topological polar surface area (TPSA) is 40.5 Å². The summed E-state index contributed by atoms with van der Waals surface area (Å²) in [5.74, 6) is -0.0920. The lowest BCUT2D eigenvalue weighted by Gasteiger charge is -2.30. The van der Waals surface area contributed by atoms with Crippen molar-refractivity contribution >= 4 is 37.8 Å². The molecule has 0 spiro atoms. The van der Waals surface area contributed by atoms with Gasteiger partial charge in [0.05, 0.1) is 5.56 Å². The van der Waals surface area contributed by atoms with E-state index >= 15 is 0 Å². The first-order valence-corrected chi connectivity index (χ1v) is 8.32. The molecule has 19 heavy (non-hydrogen) atoms. The van der Waals surface area contributed by atoms with E-state index in [9.17, 15) is 9.90 Å². The van der Waals surface area contributed by atoms with Gasteiger partial charge in [-0.05, 0) is 31.0 Å². The van der Waals surface area contributed by atoms with Gasteiger partial charge in [0.15, 0.2) is 0 Å². The predicted octanol–water partition coefficient (Wildman–Crippen LogP) is 4.18. The molecule has 1 aromatic carbocycles. The number of alkyl halides is 1. The number of benzene rings is 1. The maximum atomic E-state index is 12.6. The van der Waals surface area contributed by atoms with Gasteiger partial charge in [0, 0.05) is 22.4 Å². The lowest BCUT2D eigenvalue weighted by Crippen LogP contribution is -2.41. The second-order valence-corrected chi connectivity index (χ2v) is 6.03. The quantitative estimate of drug-likeness (QED) is 0.737. The van der Waals surface area contributed by atoms with Crippen LogP contribution in [0, 0.1) is 0 Å². The second kappa shape index (κ2) is 7.90. The van der Waals surface area contributed by atoms with Crippen molar-refractivity contribution in [1.82, 2.24) is 4.90 Å². The van der Waals surface area contributed by atoms with Crippen LogP contribution in [-0.4, -0.2) is 33.8 Å². The minimum atomic E-state index is -0.119. The van der Waals surface area contributed by atoms with E-state index in [0.717, 1.165) is 22.6 Å². The third kappa shape index (κ3) is 4.21. The fourth-order valence-electron chi connectivity index (χ4n) is 2.10. The van der Waals surface area contributed by atoms with Crippen molar-refractivity contribution < 1.29 is 9.90 Å². The Morgan fingerprint density at radius 3 is 2.53 bits per heavy atom. The molecule has 1 amide bonds. The van der Waals surface area contributed by atoms with Gasteiger partial charge in [-0.15, -0.1) is 0 Å². The highest BCUT2D eigenvalue weighted by Gasteiger charge is 2.24. The van der Waals surface area contributed by atoms with E-state index in [2.05, 4.69) is 45.7 Å². The number of carbonyl (C=O) groups excluding carboxylic acids is 1. The van der Waals surface area contributed by atoms with Gasteiger partial charge in [0.1, 0.15) is 5.75 Å². The molecule has 0 radical (unpaired) electrons. The molecule has 0 atom stereocenters. The first kappa shape index (κ1) is 16.5. The predicted molar refractivity (Wildman–Crippen MR) is 85.0 cm³/mol. The van der Waals surface area contributed by atoms with Crippen molar-refractivity contribution in [3.63, 3.8) is 0 Å². The molecule has 1 rings (SSSR count). The molecule has 0 aromatic heterocycles. The van der Waals surface area contributed by atoms with Gasteiger partial charge in [0.2, 0.25) is 0 Å². The third-order valence-corrected chi connectivity index (χ3v) is 4.01. The average Bonchev–Trinajstić information content (AvgIpc) is 2.41. The van der Waals surface area contributed by atoms with Crippen LogP contribution in [0.3, 0.4) is 0 Å². The molecule has 0 heterocycles. The molecular formula is C14H19Br2NO2. The summed E-state index contributed by atoms with van der Waals surface area (Å²) < 4.78 is 0.789. The summed E-state index contributed by atoms with van der Waals surface area (Å²) in [4.78, 5) is 14.4. The number of halogens is 2. The number of phenolic OH excluding ortho intramolecular Hbond substituents is 1. The standard InChI is InChI=1S/C14H19Br2NO2/c1-3-11(4-2)17(8-7-15)14(19)12-9-10(16)5-6-13(12)18/h5-6,9,11,18H,3-4,7-8H2,1-2H3. The van der Waals surface area contributed by atoms with Crippen LogP contribution in [-0.2, 0) is 0 Å². The Morgan fingerprint density at radius 2 is 2.00 bits per heavy atom. The molecule has 0 aliphatic carbocycles. The van der Waals surface area contributed by atoms with E-state index < -0.39 is 0 Å². The molecule has 0 aliphatic rings. The smallest absolute Gasteiger partial charge is 0.257 e. The van der Waals surface area contributed by atoms with Crippen LogP contribution >= 0.6 is 31.9 Å². The minimum Gasteiger partial charge on any atom is -0.507 e. The van der Waals surface area contributed by atoms with Gasteiger partial charge >= 0.3 is 0 Å². The van der Waals surface area contributed by atoms with E-state index in [1.165, 1.54) is 6.07 Å². The number of carbonyl (C=O) groups is 1. The van der Waals surface area contributed by atoms with E-state index in [4.69, 9.17) is 0 Å². The average molecular weight is 393 g/mol. The molecule has 106 valence electrons. The summed E-state index contributed by atoms with van der Waals surface area (Å²) in [6.45, 7) is 4.78. The highest BCUT2D eigenvalue weighted by Crippen LogP contribution is 2.25. The van der Waals surface area contributed by atoms with Crippen LogP contribution in [0.5, 0.6) is 5.75 Å². The summed E-state index contributed by atoms with van der Waals surface area (Å²) >= 11 is 6.72. The number of hydrogen-bond donors (Lipinski definition) is 1. The zero-order valence-corrected chi connectivity index (χ0v) is 14.4. The van der Waals surface area contributed by atoms with Crippen molar-refractivity contribution in [2.24, 2.45) is 0 Å². The SMILES string of the molecule is CCC(CC)N(CCBr)C(=O)c1cc(Br)ccc1O. The van der Waals surface area contributed by atoms with E-state index in [1.807, 2.05) is 4.90 Å². The minimum absolute atomic E-state index is 0.0266. The third-order valence-electron chi connectivity index (χ3n) is 3.16. The molecule has 0 fully saturated rings. The van der Waals surface area contributed by atoms with Crippen molar-refractivity contribution in [2.75, 3.05) is 11.9 Å². The Bertz CT molecular complexity index is 433. The maximum Gasteiger partial charge on any atom is 0.257 e. The Labute approximate surface area is 131 Å². The summed E-state index contributed by atoms with van der Waals surface area (Å²) in [7, 11) is 0. The highest BCUT2D eigenvalue weighted by atomic mass is 79.9. The molecule has 5 heteroatoms. The molecular weight excluding hydrogens is 374 g/mol. The van der Waals surface area contributed by atoms with Gasteiger partial charge in [0.25, 0.3) is 5.91 Å². The first-order valence-electron chi connectivity index (χ1n) is 6.40. The molecule has 3 nitrogen and oxygen atoms in total. The van der Waals surface area contributed by atoms with Crippen LogP contribution in [0.25, 0.3) is 0 Å². The number of nitrogens with zero attached hydrogens (tertiary/aromatic N) is 1. The molecule has 1 aromatic rings. The van der Waals surface area contributed by atoms with Gasteiger partial charge in [-0.3, -0.25) is 4.79 Å². The van der Waals surface area contributed by atoms with E-state index in [1.54, 1.807) is 12.1 Å². The molecule has 0 bridgehead atoms. The molecule has 1 N–H and O–H groups in total. The van der Waals surface area contributed by atoms with Gasteiger partial charge in [-0.2, -0.15) is 0 Å². The van der Waals surface area contributed by atoms with Crippen LogP contribution < -0.4 is 0 Å². The summed E-state index contributed by atoms with van der Waals surface area (Å²) in [6, 6.07) is 5.12. The van der Waals surface area contributed by atoms with Crippen LogP contribution in [0.15, 0.2) is 22.7 Å². The summed E-state index contributed by atoms with van der Waals surface area (Å²) in [5, 5.41) is 10.6. The Morgan fingerprint density at radius 1 is 1.37 bits per heavy atom. The fraction of sp³-hybridized carbons (Fsp3) is 0.500. The van der Waals surface area contributed by atoms with Crippen LogP contribution in [0.4, 0.5) is 0 Å². The zero-order chi connectivity index (χ0) is 14.4. The van der Waals surface area contributed by atoms with E-state index in [0.29, 0.717) is 12.1 Å². The Hall–Kier alpha value is -0.550. The maximum absolute atomic E-state index is 12.6. The summed E-state index contributed by atoms with van der Waals surface area (Å²) in [6.07, 6.45) is 1.81. The Balaban J connectivity index is 3.08. The van der Waals surface area contributed by atoms with Crippen LogP contribution in [0.2, 0.25) is 0 Å². The van der Waals surface area contributed by atoms with Crippen LogP contribution in [0.1, 0.15) is 37.0 Å². The molecule has 0 saturated heterocycles. The number of amides is 1. The van der Waals surface area contributed by atoms with Gasteiger partial charge in [-0.1, -0.05) is 45.7 Å². The van der Waals surface area contributed by atoms with Crippen molar-refractivity contribution in [3.8, 4) is 5.75 Å². The first-order chi connectivity index (χ1) is 9.04. The largest absolute Gasteiger partial charge is 0.507 e. The lowest BCUT2D eigenvalue weighted by atomic mass is 10.1. The van der Waals surface area contributed by atoms with Gasteiger partial charge < -0.3 is 10.0 Å². The number of rotatable bonds is 6. The Kier molecular flexibility index (Phi) is 6.86.